The van der Waals surface area contributed by atoms with Gasteiger partial charge in [0.25, 0.3) is 0 Å². The van der Waals surface area contributed by atoms with Gasteiger partial charge in [-0.05, 0) is 12.0 Å². The summed E-state index contributed by atoms with van der Waals surface area (Å²) in [6.07, 6.45) is 0.723. The van der Waals surface area contributed by atoms with Crippen LogP contribution in [0.3, 0.4) is 0 Å². The quantitative estimate of drug-likeness (QED) is 0.888. The molecule has 1 atom stereocenters. The van der Waals surface area contributed by atoms with Gasteiger partial charge in [-0.25, -0.2) is 9.59 Å². The summed E-state index contributed by atoms with van der Waals surface area (Å²) in [6, 6.07) is 7.97. The smallest absolute Gasteiger partial charge is 0.328 e. The molecule has 0 spiro atoms. The second-order valence-corrected chi connectivity index (χ2v) is 4.74. The van der Waals surface area contributed by atoms with Crippen LogP contribution in [0, 0.1) is 0 Å². The van der Waals surface area contributed by atoms with Crippen molar-refractivity contribution in [2.24, 2.45) is 0 Å². The minimum absolute atomic E-state index is 0.0850. The van der Waals surface area contributed by atoms with E-state index >= 15 is 0 Å². The van der Waals surface area contributed by atoms with Crippen LogP contribution in [0.2, 0.25) is 0 Å². The molecule has 0 bridgehead atoms. The minimum Gasteiger partial charge on any atom is -0.480 e. The van der Waals surface area contributed by atoms with Crippen molar-refractivity contribution in [2.75, 3.05) is 13.6 Å². The number of hydrogen-bond acceptors (Lipinski definition) is 3. The highest BCUT2D eigenvalue weighted by Crippen LogP contribution is 2.16. The number of benzene rings is 1. The molecule has 6 nitrogen and oxygen atoms in total. The summed E-state index contributed by atoms with van der Waals surface area (Å²) in [4.78, 5) is 36.9. The summed E-state index contributed by atoms with van der Waals surface area (Å²) in [6.45, 7) is -0.0850. The predicted molar refractivity (Wildman–Crippen MR) is 71.1 cm³/mol. The molecule has 0 saturated carbocycles. The number of carboxylic acid groups (broad SMARTS) is 1. The third-order valence-electron chi connectivity index (χ3n) is 3.41. The number of amides is 3. The van der Waals surface area contributed by atoms with Crippen LogP contribution in [0.5, 0.6) is 0 Å². The van der Waals surface area contributed by atoms with E-state index in [9.17, 15) is 14.4 Å². The molecule has 0 unspecified atom stereocenters. The van der Waals surface area contributed by atoms with Crippen LogP contribution in [0.15, 0.2) is 30.3 Å². The fraction of sp³-hybridized carbons (Fsp3) is 0.357. The number of likely N-dealkylation sites (N-methyl/N-ethyl adjacent to an activating group) is 1. The molecule has 1 fully saturated rings. The Morgan fingerprint density at radius 1 is 1.30 bits per heavy atom. The van der Waals surface area contributed by atoms with Crippen molar-refractivity contribution in [3.05, 3.63) is 35.9 Å². The molecule has 0 radical (unpaired) electrons. The second-order valence-electron chi connectivity index (χ2n) is 4.74. The average Bonchev–Trinajstić information content (AvgIpc) is 2.74. The maximum atomic E-state index is 12.0. The van der Waals surface area contributed by atoms with Gasteiger partial charge in [-0.15, -0.1) is 0 Å². The number of aliphatic carboxylic acids is 1. The zero-order chi connectivity index (χ0) is 14.7. The first-order valence-electron chi connectivity index (χ1n) is 6.34. The summed E-state index contributed by atoms with van der Waals surface area (Å²) in [7, 11) is 1.39. The van der Waals surface area contributed by atoms with Crippen LogP contribution in [-0.4, -0.2) is 52.4 Å². The molecule has 1 aromatic carbocycles. The van der Waals surface area contributed by atoms with Gasteiger partial charge >= 0.3 is 12.0 Å². The number of hydrogen-bond donors (Lipinski definition) is 1. The van der Waals surface area contributed by atoms with Crippen LogP contribution < -0.4 is 0 Å². The van der Waals surface area contributed by atoms with Crippen molar-refractivity contribution < 1.29 is 19.5 Å². The Hall–Kier alpha value is -2.37. The molecule has 20 heavy (non-hydrogen) atoms. The van der Waals surface area contributed by atoms with Crippen LogP contribution in [0.1, 0.15) is 12.0 Å². The molecule has 106 valence electrons. The number of carbonyl (C=O) groups excluding carboxylic acids is 2. The first-order valence-corrected chi connectivity index (χ1v) is 6.34. The normalized spacial score (nSPS) is 18.4. The minimum atomic E-state index is -1.10. The van der Waals surface area contributed by atoms with Crippen molar-refractivity contribution in [2.45, 2.75) is 18.9 Å². The molecule has 0 aromatic heterocycles. The van der Waals surface area contributed by atoms with E-state index in [4.69, 9.17) is 5.11 Å². The molecule has 1 aliphatic heterocycles. The van der Waals surface area contributed by atoms with E-state index in [-0.39, 0.29) is 18.9 Å². The van der Waals surface area contributed by atoms with Gasteiger partial charge in [-0.3, -0.25) is 9.69 Å². The average molecular weight is 276 g/mol. The molecule has 1 saturated heterocycles. The fourth-order valence-corrected chi connectivity index (χ4v) is 2.18. The first-order chi connectivity index (χ1) is 9.50. The standard InChI is InChI=1S/C14H16N2O4/c1-15-11(13(18)19)9-16(14(15)20)12(17)8-7-10-5-3-2-4-6-10/h2-6,11H,7-9H2,1H3,(H,18,19)/t11-/m0/s1. The third kappa shape index (κ3) is 2.79. The molecule has 1 N–H and O–H groups in total. The van der Waals surface area contributed by atoms with E-state index < -0.39 is 18.0 Å². The lowest BCUT2D eigenvalue weighted by atomic mass is 10.1. The van der Waals surface area contributed by atoms with Crippen LogP contribution in [0.4, 0.5) is 4.79 Å². The molecule has 0 aliphatic carbocycles. The van der Waals surface area contributed by atoms with E-state index in [1.807, 2.05) is 30.3 Å². The molecule has 1 heterocycles. The van der Waals surface area contributed by atoms with Gasteiger partial charge in [-0.2, -0.15) is 0 Å². The molecule has 1 aromatic rings. The maximum absolute atomic E-state index is 12.0. The van der Waals surface area contributed by atoms with Gasteiger partial charge in [0.05, 0.1) is 6.54 Å². The van der Waals surface area contributed by atoms with Gasteiger partial charge in [0, 0.05) is 13.5 Å². The zero-order valence-electron chi connectivity index (χ0n) is 11.2. The number of carbonyl (C=O) groups is 3. The van der Waals surface area contributed by atoms with E-state index in [1.165, 1.54) is 7.05 Å². The molecule has 3 amide bonds. The van der Waals surface area contributed by atoms with Gasteiger partial charge in [0.1, 0.15) is 6.04 Å². The monoisotopic (exact) mass is 276 g/mol. The summed E-state index contributed by atoms with van der Waals surface area (Å²) in [5, 5.41) is 8.98. The Bertz CT molecular complexity index is 529. The highest BCUT2D eigenvalue weighted by atomic mass is 16.4. The van der Waals surface area contributed by atoms with Crippen molar-refractivity contribution in [1.29, 1.82) is 0 Å². The van der Waals surface area contributed by atoms with Crippen LogP contribution in [-0.2, 0) is 16.0 Å². The Labute approximate surface area is 116 Å². The number of carboxylic acids is 1. The summed E-state index contributed by atoms with van der Waals surface area (Å²) < 4.78 is 0. The van der Waals surface area contributed by atoms with Gasteiger partial charge in [0.2, 0.25) is 5.91 Å². The molecule has 1 aliphatic rings. The lowest BCUT2D eigenvalue weighted by Crippen LogP contribution is -2.36. The van der Waals surface area contributed by atoms with Crippen molar-refractivity contribution in [1.82, 2.24) is 9.80 Å². The van der Waals surface area contributed by atoms with Crippen molar-refractivity contribution >= 4 is 17.9 Å². The van der Waals surface area contributed by atoms with E-state index in [0.717, 1.165) is 15.4 Å². The van der Waals surface area contributed by atoms with Gasteiger partial charge in [-0.1, -0.05) is 30.3 Å². The Kier molecular flexibility index (Phi) is 4.02. The lowest BCUT2D eigenvalue weighted by Gasteiger charge is -2.14. The SMILES string of the molecule is CN1C(=O)N(C(=O)CCc2ccccc2)C[C@H]1C(=O)O. The first kappa shape index (κ1) is 14.0. The number of urea groups is 1. The fourth-order valence-electron chi connectivity index (χ4n) is 2.18. The number of imide groups is 1. The molecular formula is C14H16N2O4. The Balaban J connectivity index is 1.96. The summed E-state index contributed by atoms with van der Waals surface area (Å²) in [5.41, 5.74) is 1.01. The number of aryl methyl sites for hydroxylation is 1. The van der Waals surface area contributed by atoms with Crippen LogP contribution in [0.25, 0.3) is 0 Å². The van der Waals surface area contributed by atoms with Gasteiger partial charge in [0.15, 0.2) is 0 Å². The van der Waals surface area contributed by atoms with Crippen LogP contribution >= 0.6 is 0 Å². The van der Waals surface area contributed by atoms with E-state index in [2.05, 4.69) is 0 Å². The summed E-state index contributed by atoms with van der Waals surface area (Å²) >= 11 is 0. The van der Waals surface area contributed by atoms with Gasteiger partial charge < -0.3 is 10.0 Å². The topological polar surface area (TPSA) is 77.9 Å². The third-order valence-corrected chi connectivity index (χ3v) is 3.41. The van der Waals surface area contributed by atoms with E-state index in [1.54, 1.807) is 0 Å². The highest BCUT2D eigenvalue weighted by molar-refractivity contribution is 5.99. The van der Waals surface area contributed by atoms with E-state index in [0.29, 0.717) is 6.42 Å². The summed E-state index contributed by atoms with van der Waals surface area (Å²) in [5.74, 6) is -1.44. The molecular weight excluding hydrogens is 260 g/mol. The second kappa shape index (κ2) is 5.73. The zero-order valence-corrected chi connectivity index (χ0v) is 11.2. The largest absolute Gasteiger partial charge is 0.480 e. The number of rotatable bonds is 4. The highest BCUT2D eigenvalue weighted by Gasteiger charge is 2.41. The Morgan fingerprint density at radius 2 is 1.95 bits per heavy atom. The maximum Gasteiger partial charge on any atom is 0.328 e. The van der Waals surface area contributed by atoms with Crippen molar-refractivity contribution in [3.63, 3.8) is 0 Å². The molecule has 6 heteroatoms. The lowest BCUT2D eigenvalue weighted by molar-refractivity contribution is -0.141. The molecule has 2 rings (SSSR count). The number of nitrogens with zero attached hydrogens (tertiary/aromatic N) is 2. The predicted octanol–water partition coefficient (Wildman–Crippen LogP) is 0.966. The van der Waals surface area contributed by atoms with Crippen molar-refractivity contribution in [3.8, 4) is 0 Å². The Morgan fingerprint density at radius 3 is 2.50 bits per heavy atom.